The summed E-state index contributed by atoms with van der Waals surface area (Å²) in [5.41, 5.74) is 14.6. The van der Waals surface area contributed by atoms with Gasteiger partial charge in [-0.05, 0) is 85.3 Å². The minimum atomic E-state index is -1.16. The number of amides is 5. The number of carbonyl (C=O) groups excluding carboxylic acids is 5. The fourth-order valence-corrected chi connectivity index (χ4v) is 7.88. The number of nitrogens with two attached hydrogens (primary N) is 2. The van der Waals surface area contributed by atoms with Gasteiger partial charge < -0.3 is 42.6 Å². The SMILES string of the molecule is CN(C(=O)C1CCNCC1)C(Cc1ccc2ccccc2c1)C(=O)N[C@H](Cc1c[nH]c2ccccc12)C(=O)N[C@@H](Cc1ccccc1)C(=O)NC(CCCCN)C(N)=O.[HH].[HH].[HH]. The Labute approximate surface area is 349 Å². The van der Waals surface area contributed by atoms with E-state index in [0.717, 1.165) is 38.4 Å². The number of piperidine rings is 1. The highest BCUT2D eigenvalue weighted by Gasteiger charge is 2.35. The first kappa shape index (κ1) is 42.6. The van der Waals surface area contributed by atoms with Gasteiger partial charge in [0.2, 0.25) is 29.5 Å². The van der Waals surface area contributed by atoms with E-state index in [2.05, 4.69) is 26.3 Å². The van der Waals surface area contributed by atoms with Crippen LogP contribution in [0.1, 0.15) is 53.1 Å². The maximum Gasteiger partial charge on any atom is 0.243 e. The molecule has 9 N–H and O–H groups in total. The number of fused-ring (bicyclic) bond motifs is 2. The van der Waals surface area contributed by atoms with Crippen LogP contribution in [-0.2, 0) is 43.2 Å². The van der Waals surface area contributed by atoms with Crippen LogP contribution in [0, 0.1) is 5.92 Å². The van der Waals surface area contributed by atoms with Crippen molar-refractivity contribution in [3.05, 3.63) is 120 Å². The van der Waals surface area contributed by atoms with Crippen LogP contribution in [0.3, 0.4) is 0 Å². The number of primary amides is 1. The average Bonchev–Trinajstić information content (AvgIpc) is 3.67. The summed E-state index contributed by atoms with van der Waals surface area (Å²) in [6, 6.07) is 26.6. The third kappa shape index (κ3) is 11.3. The van der Waals surface area contributed by atoms with Gasteiger partial charge in [-0.2, -0.15) is 0 Å². The zero-order valence-corrected chi connectivity index (χ0v) is 33.6. The molecule has 13 nitrogen and oxygen atoms in total. The van der Waals surface area contributed by atoms with E-state index in [0.29, 0.717) is 51.7 Å². The summed E-state index contributed by atoms with van der Waals surface area (Å²) in [4.78, 5) is 74.6. The Morgan fingerprint density at radius 1 is 0.729 bits per heavy atom. The molecule has 4 atom stereocenters. The normalized spacial score (nSPS) is 15.2. The smallest absolute Gasteiger partial charge is 0.243 e. The van der Waals surface area contributed by atoms with Crippen LogP contribution in [0.15, 0.2) is 103 Å². The Kier molecular flexibility index (Phi) is 14.8. The molecule has 1 saturated heterocycles. The predicted molar refractivity (Wildman–Crippen MR) is 236 cm³/mol. The second kappa shape index (κ2) is 20.6. The van der Waals surface area contributed by atoms with E-state index in [1.54, 1.807) is 7.05 Å². The second-order valence-electron chi connectivity index (χ2n) is 15.5. The molecule has 0 spiro atoms. The molecule has 316 valence electrons. The number of H-pyrrole nitrogens is 1. The van der Waals surface area contributed by atoms with Crippen LogP contribution in [0.4, 0.5) is 0 Å². The van der Waals surface area contributed by atoms with Crippen molar-refractivity contribution in [2.24, 2.45) is 17.4 Å². The number of unbranched alkanes of at least 4 members (excludes halogenated alkanes) is 1. The first-order chi connectivity index (χ1) is 28.6. The molecule has 1 fully saturated rings. The van der Waals surface area contributed by atoms with E-state index < -0.39 is 47.8 Å². The molecule has 13 heteroatoms. The minimum absolute atomic E-state index is 0. The standard InChI is InChI=1S/C46H56N8O5.3H2/c1-54(46(59)33-20-23-49-24-21-33)41(27-31-18-19-32-13-5-6-14-34(32)25-31)45(58)53-40(28-35-29-50-37-16-8-7-15-36(35)37)44(57)52-39(26-30-11-3-2-4-12-30)43(56)51-38(42(48)55)17-9-10-22-47;;;/h2-8,11-16,18-19,25,29,33,38-41,49-50H,9-10,17,20-24,26-28,47H2,1H3,(H2,48,55)(H,51,56)(H,52,57)(H,53,58);3*1H/t38?,39-,40+,41?;;;/m0.../s1. The van der Waals surface area contributed by atoms with Crippen molar-refractivity contribution in [3.8, 4) is 0 Å². The van der Waals surface area contributed by atoms with Gasteiger partial charge in [0.25, 0.3) is 0 Å². The Morgan fingerprint density at radius 3 is 2.10 bits per heavy atom. The van der Waals surface area contributed by atoms with E-state index in [4.69, 9.17) is 11.5 Å². The summed E-state index contributed by atoms with van der Waals surface area (Å²) in [5, 5.41) is 15.0. The maximum absolute atomic E-state index is 14.8. The van der Waals surface area contributed by atoms with E-state index in [9.17, 15) is 24.0 Å². The van der Waals surface area contributed by atoms with Gasteiger partial charge in [0.05, 0.1) is 0 Å². The Balaban J connectivity index is 0.00000341. The number of para-hydroxylation sites is 1. The quantitative estimate of drug-likeness (QED) is 0.0611. The molecule has 2 heterocycles. The van der Waals surface area contributed by atoms with Crippen LogP contribution in [-0.4, -0.2) is 90.3 Å². The second-order valence-corrected chi connectivity index (χ2v) is 15.5. The molecule has 0 saturated carbocycles. The number of carbonyl (C=O) groups is 5. The average molecular weight is 807 g/mol. The molecular formula is C46H62N8O5. The van der Waals surface area contributed by atoms with E-state index >= 15 is 0 Å². The summed E-state index contributed by atoms with van der Waals surface area (Å²) in [5.74, 6) is -2.74. The summed E-state index contributed by atoms with van der Waals surface area (Å²) >= 11 is 0. The molecule has 6 rings (SSSR count). The van der Waals surface area contributed by atoms with Gasteiger partial charge >= 0.3 is 0 Å². The first-order valence-electron chi connectivity index (χ1n) is 20.6. The molecular weight excluding hydrogens is 745 g/mol. The van der Waals surface area contributed by atoms with Crippen molar-refractivity contribution in [1.82, 2.24) is 31.2 Å². The van der Waals surface area contributed by atoms with Gasteiger partial charge in [-0.15, -0.1) is 0 Å². The Bertz CT molecular complexity index is 2240. The third-order valence-electron chi connectivity index (χ3n) is 11.3. The largest absolute Gasteiger partial charge is 0.368 e. The minimum Gasteiger partial charge on any atom is -0.368 e. The van der Waals surface area contributed by atoms with Gasteiger partial charge in [-0.25, -0.2) is 0 Å². The van der Waals surface area contributed by atoms with Crippen molar-refractivity contribution < 1.29 is 28.3 Å². The van der Waals surface area contributed by atoms with Gasteiger partial charge in [0, 0.05) is 53.6 Å². The highest BCUT2D eigenvalue weighted by Crippen LogP contribution is 2.23. The molecule has 2 unspecified atom stereocenters. The van der Waals surface area contributed by atoms with Crippen LogP contribution in [0.25, 0.3) is 21.7 Å². The van der Waals surface area contributed by atoms with E-state index in [1.165, 1.54) is 4.90 Å². The number of hydrogen-bond acceptors (Lipinski definition) is 7. The highest BCUT2D eigenvalue weighted by atomic mass is 16.2. The molecule has 5 amide bonds. The molecule has 0 aliphatic carbocycles. The zero-order valence-electron chi connectivity index (χ0n) is 33.6. The number of benzene rings is 4. The van der Waals surface area contributed by atoms with Crippen molar-refractivity contribution in [2.45, 2.75) is 75.5 Å². The van der Waals surface area contributed by atoms with Crippen molar-refractivity contribution in [1.29, 1.82) is 0 Å². The lowest BCUT2D eigenvalue weighted by atomic mass is 9.94. The van der Waals surface area contributed by atoms with Gasteiger partial charge in [-0.3, -0.25) is 24.0 Å². The number of rotatable bonds is 19. The summed E-state index contributed by atoms with van der Waals surface area (Å²) in [6.07, 6.45) is 5.06. The van der Waals surface area contributed by atoms with Crippen LogP contribution < -0.4 is 32.7 Å². The van der Waals surface area contributed by atoms with Crippen LogP contribution in [0.2, 0.25) is 0 Å². The Morgan fingerprint density at radius 2 is 1.37 bits per heavy atom. The lowest BCUT2D eigenvalue weighted by Gasteiger charge is -2.33. The van der Waals surface area contributed by atoms with Crippen molar-refractivity contribution >= 4 is 51.2 Å². The molecule has 1 aliphatic rings. The monoisotopic (exact) mass is 806 g/mol. The fraction of sp³-hybridized carbons (Fsp3) is 0.370. The number of aromatic nitrogens is 1. The van der Waals surface area contributed by atoms with Gasteiger partial charge in [0.1, 0.15) is 24.2 Å². The number of aromatic amines is 1. The number of nitrogens with zero attached hydrogens (tertiary/aromatic N) is 1. The fourth-order valence-electron chi connectivity index (χ4n) is 7.88. The third-order valence-corrected chi connectivity index (χ3v) is 11.3. The number of nitrogens with one attached hydrogen (secondary N) is 5. The van der Waals surface area contributed by atoms with Crippen LogP contribution in [0.5, 0.6) is 0 Å². The first-order valence-corrected chi connectivity index (χ1v) is 20.6. The van der Waals surface area contributed by atoms with E-state index in [-0.39, 0.29) is 35.4 Å². The topological polar surface area (TPSA) is 205 Å². The molecule has 59 heavy (non-hydrogen) atoms. The summed E-state index contributed by atoms with van der Waals surface area (Å²) in [6.45, 7) is 1.86. The van der Waals surface area contributed by atoms with Gasteiger partial charge in [0.15, 0.2) is 0 Å². The van der Waals surface area contributed by atoms with Crippen molar-refractivity contribution in [3.63, 3.8) is 0 Å². The summed E-state index contributed by atoms with van der Waals surface area (Å²) in [7, 11) is 1.66. The van der Waals surface area contributed by atoms with Crippen LogP contribution >= 0.6 is 0 Å². The maximum atomic E-state index is 14.8. The molecule has 0 radical (unpaired) electrons. The molecule has 1 aromatic heterocycles. The molecule has 4 aromatic carbocycles. The lowest BCUT2D eigenvalue weighted by Crippen LogP contribution is -2.59. The number of hydrogen-bond donors (Lipinski definition) is 7. The zero-order chi connectivity index (χ0) is 41.7. The Hall–Kier alpha value is -6.05. The van der Waals surface area contributed by atoms with Gasteiger partial charge in [-0.1, -0.05) is 91.0 Å². The highest BCUT2D eigenvalue weighted by molar-refractivity contribution is 5.96. The lowest BCUT2D eigenvalue weighted by molar-refractivity contribution is -0.143. The molecule has 5 aromatic rings. The molecule has 1 aliphatic heterocycles. The molecule has 0 bridgehead atoms. The predicted octanol–water partition coefficient (Wildman–Crippen LogP) is 3.98. The van der Waals surface area contributed by atoms with Crippen molar-refractivity contribution in [2.75, 3.05) is 26.7 Å². The number of likely N-dealkylation sites (N-methyl/N-ethyl adjacent to an activating group) is 1. The van der Waals surface area contributed by atoms with E-state index in [1.807, 2.05) is 103 Å². The summed E-state index contributed by atoms with van der Waals surface area (Å²) < 4.78 is 0.